The van der Waals surface area contributed by atoms with Crippen LogP contribution in [0.15, 0.2) is 24.9 Å². The molecule has 0 atom stereocenters. The van der Waals surface area contributed by atoms with Gasteiger partial charge in [0.15, 0.2) is 5.82 Å². The first-order valence-electron chi connectivity index (χ1n) is 8.64. The summed E-state index contributed by atoms with van der Waals surface area (Å²) in [5, 5.41) is 7.28. The SMILES string of the molecule is CCn1cc(C2CCN(C(=O)Nc3cncnc3N(C)C)CC2)cn1. The summed E-state index contributed by atoms with van der Waals surface area (Å²) < 4.78 is 1.95. The average molecular weight is 343 g/mol. The van der Waals surface area contributed by atoms with E-state index in [9.17, 15) is 4.79 Å². The number of nitrogens with zero attached hydrogens (tertiary/aromatic N) is 6. The number of urea groups is 1. The van der Waals surface area contributed by atoms with Gasteiger partial charge >= 0.3 is 6.03 Å². The molecule has 2 aromatic heterocycles. The Kier molecular flexibility index (Phi) is 5.16. The number of carbonyl (C=O) groups excluding carboxylic acids is 1. The maximum Gasteiger partial charge on any atom is 0.321 e. The molecule has 8 nitrogen and oxygen atoms in total. The van der Waals surface area contributed by atoms with Crippen LogP contribution in [-0.2, 0) is 6.54 Å². The summed E-state index contributed by atoms with van der Waals surface area (Å²) in [4.78, 5) is 24.5. The minimum atomic E-state index is -0.0967. The first-order valence-corrected chi connectivity index (χ1v) is 8.64. The van der Waals surface area contributed by atoms with Crippen molar-refractivity contribution in [1.29, 1.82) is 0 Å². The van der Waals surface area contributed by atoms with Crippen LogP contribution in [0.1, 0.15) is 31.2 Å². The van der Waals surface area contributed by atoms with Crippen molar-refractivity contribution in [1.82, 2.24) is 24.6 Å². The van der Waals surface area contributed by atoms with E-state index in [2.05, 4.69) is 33.5 Å². The number of nitrogens with one attached hydrogen (secondary N) is 1. The third-order valence-electron chi connectivity index (χ3n) is 4.59. The number of amides is 2. The molecule has 1 aliphatic heterocycles. The molecular formula is C17H25N7O. The molecule has 1 N–H and O–H groups in total. The van der Waals surface area contributed by atoms with E-state index in [0.29, 0.717) is 17.4 Å². The standard InChI is InChI=1S/C17H25N7O/c1-4-24-11-14(9-20-24)13-5-7-23(8-6-13)17(25)21-15-10-18-12-19-16(15)22(2)3/h9-13H,4-8H2,1-3H3,(H,21,25). The van der Waals surface area contributed by atoms with Gasteiger partial charge < -0.3 is 15.1 Å². The van der Waals surface area contributed by atoms with Gasteiger partial charge in [0.05, 0.1) is 12.4 Å². The summed E-state index contributed by atoms with van der Waals surface area (Å²) in [5.74, 6) is 1.17. The lowest BCUT2D eigenvalue weighted by atomic mass is 9.92. The van der Waals surface area contributed by atoms with Crippen LogP contribution in [-0.4, -0.2) is 57.9 Å². The Hall–Kier alpha value is -2.64. The third-order valence-corrected chi connectivity index (χ3v) is 4.59. The van der Waals surface area contributed by atoms with Gasteiger partial charge in [0.2, 0.25) is 0 Å². The number of likely N-dealkylation sites (tertiary alicyclic amines) is 1. The van der Waals surface area contributed by atoms with Crippen LogP contribution >= 0.6 is 0 Å². The van der Waals surface area contributed by atoms with Crippen LogP contribution in [0.25, 0.3) is 0 Å². The predicted octanol–water partition coefficient (Wildman–Crippen LogP) is 2.17. The summed E-state index contributed by atoms with van der Waals surface area (Å²) in [7, 11) is 3.78. The Morgan fingerprint density at radius 2 is 2.08 bits per heavy atom. The molecule has 0 unspecified atom stereocenters. The molecular weight excluding hydrogens is 318 g/mol. The van der Waals surface area contributed by atoms with Crippen LogP contribution < -0.4 is 10.2 Å². The van der Waals surface area contributed by atoms with Crippen LogP contribution in [0.2, 0.25) is 0 Å². The van der Waals surface area contributed by atoms with Gasteiger partial charge in [-0.2, -0.15) is 5.10 Å². The largest absolute Gasteiger partial charge is 0.361 e. The molecule has 1 aliphatic rings. The number of anilines is 2. The predicted molar refractivity (Wildman–Crippen MR) is 96.8 cm³/mol. The molecule has 2 aromatic rings. The highest BCUT2D eigenvalue weighted by Gasteiger charge is 2.25. The average Bonchev–Trinajstić information content (AvgIpc) is 3.11. The van der Waals surface area contributed by atoms with Crippen molar-refractivity contribution in [3.05, 3.63) is 30.5 Å². The fourth-order valence-corrected chi connectivity index (χ4v) is 3.14. The highest BCUT2D eigenvalue weighted by atomic mass is 16.2. The van der Waals surface area contributed by atoms with Gasteiger partial charge in [-0.25, -0.2) is 14.8 Å². The third kappa shape index (κ3) is 3.89. The molecule has 8 heteroatoms. The van der Waals surface area contributed by atoms with Crippen molar-refractivity contribution < 1.29 is 4.79 Å². The highest BCUT2D eigenvalue weighted by Crippen LogP contribution is 2.28. The lowest BCUT2D eigenvalue weighted by molar-refractivity contribution is 0.194. The summed E-state index contributed by atoms with van der Waals surface area (Å²) in [6, 6.07) is -0.0967. The lowest BCUT2D eigenvalue weighted by Crippen LogP contribution is -2.40. The quantitative estimate of drug-likeness (QED) is 0.920. The van der Waals surface area contributed by atoms with Crippen molar-refractivity contribution in [3.8, 4) is 0 Å². The number of aryl methyl sites for hydroxylation is 1. The maximum atomic E-state index is 12.6. The molecule has 2 amide bonds. The molecule has 0 bridgehead atoms. The van der Waals surface area contributed by atoms with E-state index in [-0.39, 0.29) is 6.03 Å². The highest BCUT2D eigenvalue weighted by molar-refractivity contribution is 5.92. The van der Waals surface area contributed by atoms with Crippen molar-refractivity contribution in [3.63, 3.8) is 0 Å². The smallest absolute Gasteiger partial charge is 0.321 e. The van der Waals surface area contributed by atoms with E-state index in [1.807, 2.05) is 34.8 Å². The molecule has 0 saturated carbocycles. The molecule has 0 aromatic carbocycles. The molecule has 134 valence electrons. The van der Waals surface area contributed by atoms with Crippen LogP contribution in [0, 0.1) is 0 Å². The fraction of sp³-hybridized carbons (Fsp3) is 0.529. The maximum absolute atomic E-state index is 12.6. The van der Waals surface area contributed by atoms with E-state index in [0.717, 1.165) is 32.5 Å². The second-order valence-electron chi connectivity index (χ2n) is 6.48. The Labute approximate surface area is 147 Å². The first-order chi connectivity index (χ1) is 12.1. The second kappa shape index (κ2) is 7.50. The molecule has 1 fully saturated rings. The molecule has 3 heterocycles. The van der Waals surface area contributed by atoms with Gasteiger partial charge in [0.1, 0.15) is 12.0 Å². The Bertz CT molecular complexity index is 719. The van der Waals surface area contributed by atoms with Gasteiger partial charge in [-0.05, 0) is 31.2 Å². The normalized spacial score (nSPS) is 15.2. The van der Waals surface area contributed by atoms with Crippen molar-refractivity contribution in [2.24, 2.45) is 0 Å². The van der Waals surface area contributed by atoms with E-state index in [4.69, 9.17) is 0 Å². The van der Waals surface area contributed by atoms with Crippen molar-refractivity contribution in [2.75, 3.05) is 37.4 Å². The number of carbonyl (C=O) groups is 1. The molecule has 1 saturated heterocycles. The first kappa shape index (κ1) is 17.2. The van der Waals surface area contributed by atoms with Gasteiger partial charge in [0.25, 0.3) is 0 Å². The van der Waals surface area contributed by atoms with E-state index in [1.165, 1.54) is 11.9 Å². The topological polar surface area (TPSA) is 79.2 Å². The summed E-state index contributed by atoms with van der Waals surface area (Å²) in [6.07, 6.45) is 9.09. The molecule has 0 aliphatic carbocycles. The van der Waals surface area contributed by atoms with E-state index >= 15 is 0 Å². The minimum Gasteiger partial charge on any atom is -0.361 e. The van der Waals surface area contributed by atoms with Crippen LogP contribution in [0.3, 0.4) is 0 Å². The number of rotatable bonds is 4. The zero-order valence-corrected chi connectivity index (χ0v) is 15.0. The Morgan fingerprint density at radius 1 is 1.32 bits per heavy atom. The van der Waals surface area contributed by atoms with Gasteiger partial charge in [0, 0.05) is 39.9 Å². The summed E-state index contributed by atoms with van der Waals surface area (Å²) >= 11 is 0. The Morgan fingerprint density at radius 3 is 2.72 bits per heavy atom. The fourth-order valence-electron chi connectivity index (χ4n) is 3.14. The zero-order chi connectivity index (χ0) is 17.8. The minimum absolute atomic E-state index is 0.0967. The molecule has 0 radical (unpaired) electrons. The monoisotopic (exact) mass is 343 g/mol. The summed E-state index contributed by atoms with van der Waals surface area (Å²) in [6.45, 7) is 4.44. The van der Waals surface area contributed by atoms with E-state index < -0.39 is 0 Å². The lowest BCUT2D eigenvalue weighted by Gasteiger charge is -2.31. The molecule has 25 heavy (non-hydrogen) atoms. The Balaban J connectivity index is 1.58. The molecule has 0 spiro atoms. The zero-order valence-electron chi connectivity index (χ0n) is 15.0. The van der Waals surface area contributed by atoms with Crippen LogP contribution in [0.4, 0.5) is 16.3 Å². The number of aromatic nitrogens is 4. The van der Waals surface area contributed by atoms with Crippen molar-refractivity contribution in [2.45, 2.75) is 32.2 Å². The van der Waals surface area contributed by atoms with Crippen LogP contribution in [0.5, 0.6) is 0 Å². The summed E-state index contributed by atoms with van der Waals surface area (Å²) in [5.41, 5.74) is 1.90. The van der Waals surface area contributed by atoms with Crippen molar-refractivity contribution >= 4 is 17.5 Å². The van der Waals surface area contributed by atoms with Gasteiger partial charge in [-0.15, -0.1) is 0 Å². The van der Waals surface area contributed by atoms with E-state index in [1.54, 1.807) is 6.20 Å². The number of hydrogen-bond donors (Lipinski definition) is 1. The second-order valence-corrected chi connectivity index (χ2v) is 6.48. The molecule has 3 rings (SSSR count). The van der Waals surface area contributed by atoms with Gasteiger partial charge in [-0.3, -0.25) is 4.68 Å². The number of piperidine rings is 1. The van der Waals surface area contributed by atoms with Gasteiger partial charge in [-0.1, -0.05) is 0 Å². The number of hydrogen-bond acceptors (Lipinski definition) is 5.